The van der Waals surface area contributed by atoms with Crippen molar-refractivity contribution in [1.29, 1.82) is 0 Å². The SMILES string of the molecule is COc1ccc(OC)c(C=NNC(=O)c2cc(C3CC3)[nH]n2)c1. The van der Waals surface area contributed by atoms with Crippen molar-refractivity contribution < 1.29 is 14.3 Å². The summed E-state index contributed by atoms with van der Waals surface area (Å²) in [4.78, 5) is 12.0. The molecule has 1 aliphatic rings. The standard InChI is InChI=1S/C16H18N4O3/c1-22-12-5-6-15(23-2)11(7-12)9-17-20-16(21)14-8-13(18-19-14)10-3-4-10/h5-10H,3-4H2,1-2H3,(H,18,19)(H,20,21). The zero-order valence-corrected chi connectivity index (χ0v) is 13.0. The first-order valence-corrected chi connectivity index (χ1v) is 7.32. The van der Waals surface area contributed by atoms with E-state index in [4.69, 9.17) is 9.47 Å². The minimum Gasteiger partial charge on any atom is -0.497 e. The van der Waals surface area contributed by atoms with Crippen molar-refractivity contribution in [3.8, 4) is 11.5 Å². The molecule has 1 aromatic heterocycles. The lowest BCUT2D eigenvalue weighted by Crippen LogP contribution is -2.18. The number of methoxy groups -OCH3 is 2. The second-order valence-electron chi connectivity index (χ2n) is 5.29. The second kappa shape index (κ2) is 6.51. The Morgan fingerprint density at radius 3 is 2.87 bits per heavy atom. The summed E-state index contributed by atoms with van der Waals surface area (Å²) in [6, 6.07) is 7.11. The quantitative estimate of drug-likeness (QED) is 0.631. The Labute approximate surface area is 133 Å². The van der Waals surface area contributed by atoms with Gasteiger partial charge in [0.1, 0.15) is 11.5 Å². The Hall–Kier alpha value is -2.83. The normalized spacial score (nSPS) is 14.0. The molecule has 0 unspecified atom stereocenters. The van der Waals surface area contributed by atoms with E-state index >= 15 is 0 Å². The van der Waals surface area contributed by atoms with E-state index in [2.05, 4.69) is 20.7 Å². The number of hydrazone groups is 1. The van der Waals surface area contributed by atoms with Gasteiger partial charge in [-0.25, -0.2) is 5.43 Å². The fourth-order valence-electron chi connectivity index (χ4n) is 2.21. The minimum atomic E-state index is -0.355. The average Bonchev–Trinajstić information content (AvgIpc) is 3.31. The van der Waals surface area contributed by atoms with Crippen molar-refractivity contribution in [2.24, 2.45) is 5.10 Å². The van der Waals surface area contributed by atoms with Crippen LogP contribution in [0.1, 0.15) is 40.5 Å². The number of nitrogens with one attached hydrogen (secondary N) is 2. The third kappa shape index (κ3) is 3.50. The van der Waals surface area contributed by atoms with E-state index in [9.17, 15) is 4.79 Å². The molecule has 1 aromatic carbocycles. The van der Waals surface area contributed by atoms with Crippen molar-refractivity contribution in [2.45, 2.75) is 18.8 Å². The number of hydrogen-bond acceptors (Lipinski definition) is 5. The summed E-state index contributed by atoms with van der Waals surface area (Å²) >= 11 is 0. The first-order valence-electron chi connectivity index (χ1n) is 7.32. The Bertz CT molecular complexity index is 735. The summed E-state index contributed by atoms with van der Waals surface area (Å²) in [5.41, 5.74) is 4.51. The van der Waals surface area contributed by atoms with E-state index in [1.165, 1.54) is 6.21 Å². The van der Waals surface area contributed by atoms with Gasteiger partial charge in [-0.05, 0) is 37.1 Å². The maximum atomic E-state index is 12.0. The molecule has 1 heterocycles. The van der Waals surface area contributed by atoms with Crippen LogP contribution in [-0.2, 0) is 0 Å². The fourth-order valence-corrected chi connectivity index (χ4v) is 2.21. The Balaban J connectivity index is 1.66. The van der Waals surface area contributed by atoms with Crippen LogP contribution in [0.2, 0.25) is 0 Å². The largest absolute Gasteiger partial charge is 0.497 e. The third-order valence-corrected chi connectivity index (χ3v) is 3.65. The van der Waals surface area contributed by atoms with Gasteiger partial charge in [0.05, 0.1) is 20.4 Å². The highest BCUT2D eigenvalue weighted by molar-refractivity contribution is 5.93. The van der Waals surface area contributed by atoms with Gasteiger partial charge in [0.25, 0.3) is 5.91 Å². The molecule has 0 bridgehead atoms. The van der Waals surface area contributed by atoms with Crippen LogP contribution in [0.3, 0.4) is 0 Å². The molecule has 1 amide bonds. The summed E-state index contributed by atoms with van der Waals surface area (Å²) in [6.45, 7) is 0. The van der Waals surface area contributed by atoms with E-state index < -0.39 is 0 Å². The van der Waals surface area contributed by atoms with E-state index in [1.807, 2.05) is 0 Å². The Morgan fingerprint density at radius 1 is 1.35 bits per heavy atom. The Kier molecular flexibility index (Phi) is 4.27. The first-order chi connectivity index (χ1) is 11.2. The van der Waals surface area contributed by atoms with Crippen molar-refractivity contribution in [3.63, 3.8) is 0 Å². The number of H-pyrrole nitrogens is 1. The van der Waals surface area contributed by atoms with Crippen LogP contribution in [0.15, 0.2) is 29.4 Å². The second-order valence-corrected chi connectivity index (χ2v) is 5.29. The summed E-state index contributed by atoms with van der Waals surface area (Å²) in [6.07, 6.45) is 3.81. The molecule has 0 radical (unpaired) electrons. The van der Waals surface area contributed by atoms with Gasteiger partial charge in [-0.3, -0.25) is 9.89 Å². The van der Waals surface area contributed by atoms with Crippen molar-refractivity contribution >= 4 is 12.1 Å². The van der Waals surface area contributed by atoms with Gasteiger partial charge in [0, 0.05) is 17.2 Å². The zero-order chi connectivity index (χ0) is 16.2. The summed E-state index contributed by atoms with van der Waals surface area (Å²) in [5.74, 6) is 1.49. The number of nitrogens with zero attached hydrogens (tertiary/aromatic N) is 2. The van der Waals surface area contributed by atoms with Crippen molar-refractivity contribution in [1.82, 2.24) is 15.6 Å². The zero-order valence-electron chi connectivity index (χ0n) is 13.0. The lowest BCUT2D eigenvalue weighted by Gasteiger charge is -2.06. The number of hydrogen-bond donors (Lipinski definition) is 2. The first kappa shape index (κ1) is 15.1. The lowest BCUT2D eigenvalue weighted by molar-refractivity contribution is 0.0950. The molecule has 0 saturated heterocycles. The minimum absolute atomic E-state index is 0.335. The molecular weight excluding hydrogens is 296 g/mol. The van der Waals surface area contributed by atoms with Crippen LogP contribution in [0.4, 0.5) is 0 Å². The molecule has 2 N–H and O–H groups in total. The van der Waals surface area contributed by atoms with E-state index in [-0.39, 0.29) is 5.91 Å². The van der Waals surface area contributed by atoms with Crippen LogP contribution < -0.4 is 14.9 Å². The van der Waals surface area contributed by atoms with Gasteiger partial charge in [-0.1, -0.05) is 0 Å². The van der Waals surface area contributed by atoms with Gasteiger partial charge in [-0.2, -0.15) is 10.2 Å². The number of benzene rings is 1. The number of aromatic amines is 1. The van der Waals surface area contributed by atoms with Gasteiger partial charge in [-0.15, -0.1) is 0 Å². The topological polar surface area (TPSA) is 88.6 Å². The summed E-state index contributed by atoms with van der Waals surface area (Å²) < 4.78 is 10.4. The molecule has 7 heteroatoms. The number of rotatable bonds is 6. The maximum Gasteiger partial charge on any atom is 0.291 e. The molecule has 0 aliphatic heterocycles. The predicted octanol–water partition coefficient (Wildman–Crippen LogP) is 2.07. The monoisotopic (exact) mass is 314 g/mol. The van der Waals surface area contributed by atoms with Gasteiger partial charge >= 0.3 is 0 Å². The predicted molar refractivity (Wildman–Crippen MR) is 85.2 cm³/mol. The highest BCUT2D eigenvalue weighted by atomic mass is 16.5. The average molecular weight is 314 g/mol. The molecule has 23 heavy (non-hydrogen) atoms. The van der Waals surface area contributed by atoms with Gasteiger partial charge in [0.15, 0.2) is 5.69 Å². The highest BCUT2D eigenvalue weighted by Crippen LogP contribution is 2.38. The van der Waals surface area contributed by atoms with Crippen LogP contribution in [0.25, 0.3) is 0 Å². The Morgan fingerprint density at radius 2 is 2.17 bits per heavy atom. The van der Waals surface area contributed by atoms with Crippen molar-refractivity contribution in [2.75, 3.05) is 14.2 Å². The lowest BCUT2D eigenvalue weighted by atomic mass is 10.2. The number of carbonyl (C=O) groups is 1. The number of ether oxygens (including phenoxy) is 2. The van der Waals surface area contributed by atoms with E-state index in [0.29, 0.717) is 28.7 Å². The number of aromatic nitrogens is 2. The molecule has 0 spiro atoms. The van der Waals surface area contributed by atoms with E-state index in [1.54, 1.807) is 38.5 Å². The van der Waals surface area contributed by atoms with Crippen LogP contribution in [0, 0.1) is 0 Å². The fraction of sp³-hybridized carbons (Fsp3) is 0.312. The smallest absolute Gasteiger partial charge is 0.291 e. The molecule has 1 saturated carbocycles. The molecule has 120 valence electrons. The van der Waals surface area contributed by atoms with Crippen LogP contribution in [0.5, 0.6) is 11.5 Å². The summed E-state index contributed by atoms with van der Waals surface area (Å²) in [5, 5.41) is 10.9. The summed E-state index contributed by atoms with van der Waals surface area (Å²) in [7, 11) is 3.15. The number of carbonyl (C=O) groups excluding carboxylic acids is 1. The van der Waals surface area contributed by atoms with Gasteiger partial charge < -0.3 is 9.47 Å². The van der Waals surface area contributed by atoms with Crippen molar-refractivity contribution in [3.05, 3.63) is 41.2 Å². The van der Waals surface area contributed by atoms with Gasteiger partial charge in [0.2, 0.25) is 0 Å². The molecular formula is C16H18N4O3. The van der Waals surface area contributed by atoms with E-state index in [0.717, 1.165) is 18.5 Å². The molecule has 0 atom stereocenters. The molecule has 2 aromatic rings. The molecule has 1 aliphatic carbocycles. The highest BCUT2D eigenvalue weighted by Gasteiger charge is 2.26. The molecule has 3 rings (SSSR count). The maximum absolute atomic E-state index is 12.0. The third-order valence-electron chi connectivity index (χ3n) is 3.65. The molecule has 1 fully saturated rings. The molecule has 7 nitrogen and oxygen atoms in total. The van der Waals surface area contributed by atoms with Crippen LogP contribution in [-0.4, -0.2) is 36.5 Å². The van der Waals surface area contributed by atoms with Crippen LogP contribution >= 0.6 is 0 Å². The number of amides is 1.